The molecule has 6 rings (SSSR count). The molecule has 218 valence electrons. The Morgan fingerprint density at radius 1 is 0.925 bits per heavy atom. The summed E-state index contributed by atoms with van der Waals surface area (Å²) in [4.78, 5) is 12.0. The van der Waals surface area contributed by atoms with E-state index in [1.165, 1.54) is 10.8 Å². The standard InChI is InChI=1S/C6H8O.C5H8N2.C4H7N3.C4H7NS.C4H5NS.C3H6N4/c1-2-6-4-3-5-7-6;1-5-6-3-4-7(5)2;1-4-6-5-3-7(4)2;2*1-4-5-2-3-6-4;1-3-4-5-6-7(3)2/h3-5H,2H2,1H3;3-4H,1-2H3;3H,1-2H3;2-3H2,1H3;2-3H,1H3;1-2H3. The van der Waals surface area contributed by atoms with Crippen LogP contribution >= 0.6 is 23.1 Å². The van der Waals surface area contributed by atoms with Gasteiger partial charge in [0.25, 0.3) is 0 Å². The highest BCUT2D eigenvalue weighted by Crippen LogP contribution is 2.09. The summed E-state index contributed by atoms with van der Waals surface area (Å²) in [5.74, 6) is 5.09. The Bertz CT molecular complexity index is 1170. The predicted octanol–water partition coefficient (Wildman–Crippen LogP) is 4.82. The van der Waals surface area contributed by atoms with E-state index < -0.39 is 0 Å². The zero-order valence-corrected chi connectivity index (χ0v) is 26.5. The van der Waals surface area contributed by atoms with E-state index in [9.17, 15) is 0 Å². The van der Waals surface area contributed by atoms with E-state index in [2.05, 4.69) is 54.5 Å². The Balaban J connectivity index is 0.000000240. The monoisotopic (exact) mass is 587 g/mol. The molecule has 0 fully saturated rings. The van der Waals surface area contributed by atoms with Crippen LogP contribution in [0.15, 0.2) is 58.1 Å². The second-order valence-electron chi connectivity index (χ2n) is 8.16. The molecule has 0 saturated heterocycles. The molecule has 0 unspecified atom stereocenters. The molecular formula is C26H41N11OS2. The summed E-state index contributed by atoms with van der Waals surface area (Å²) >= 11 is 3.51. The van der Waals surface area contributed by atoms with E-state index >= 15 is 0 Å². The number of thioether (sulfide) groups is 1. The molecule has 0 aromatic carbocycles. The van der Waals surface area contributed by atoms with Gasteiger partial charge in [0.1, 0.15) is 29.6 Å². The van der Waals surface area contributed by atoms with Crippen molar-refractivity contribution in [3.63, 3.8) is 0 Å². The molecule has 40 heavy (non-hydrogen) atoms. The third-order valence-corrected chi connectivity index (χ3v) is 6.69. The summed E-state index contributed by atoms with van der Waals surface area (Å²) in [6, 6.07) is 3.87. The van der Waals surface area contributed by atoms with Crippen LogP contribution in [0.25, 0.3) is 0 Å². The van der Waals surface area contributed by atoms with Crippen molar-refractivity contribution in [1.82, 2.24) is 49.5 Å². The molecule has 1 aliphatic rings. The number of thiazole rings is 1. The Hall–Kier alpha value is -3.65. The van der Waals surface area contributed by atoms with Crippen LogP contribution in [0.3, 0.4) is 0 Å². The highest BCUT2D eigenvalue weighted by atomic mass is 32.2. The van der Waals surface area contributed by atoms with Gasteiger partial charge >= 0.3 is 0 Å². The highest BCUT2D eigenvalue weighted by molar-refractivity contribution is 8.14. The molecule has 0 radical (unpaired) electrons. The average molecular weight is 588 g/mol. The Morgan fingerprint density at radius 3 is 1.88 bits per heavy atom. The van der Waals surface area contributed by atoms with Crippen LogP contribution in [-0.2, 0) is 27.6 Å². The first-order chi connectivity index (χ1) is 19.1. The number of aryl methyl sites for hydroxylation is 8. The molecule has 14 heteroatoms. The summed E-state index contributed by atoms with van der Waals surface area (Å²) in [7, 11) is 5.69. The maximum absolute atomic E-state index is 4.98. The molecule has 12 nitrogen and oxygen atoms in total. The first-order valence-electron chi connectivity index (χ1n) is 12.6. The summed E-state index contributed by atoms with van der Waals surface area (Å²) < 4.78 is 10.4. The largest absolute Gasteiger partial charge is 0.469 e. The number of hydrogen-bond acceptors (Lipinski definition) is 11. The number of aliphatic imine (C=N–C) groups is 1. The molecule has 0 amide bonds. The lowest BCUT2D eigenvalue weighted by Crippen LogP contribution is -1.92. The summed E-state index contributed by atoms with van der Waals surface area (Å²) in [6.45, 7) is 12.9. The maximum Gasteiger partial charge on any atom is 0.147 e. The van der Waals surface area contributed by atoms with E-state index in [0.29, 0.717) is 0 Å². The normalized spacial score (nSPS) is 11.1. The number of aromatic nitrogens is 10. The fraction of sp³-hybridized carbons (Fsp3) is 0.462. The molecule has 5 aromatic heterocycles. The van der Waals surface area contributed by atoms with Crippen LogP contribution in [0, 0.1) is 27.7 Å². The number of rotatable bonds is 1. The van der Waals surface area contributed by atoms with Crippen molar-refractivity contribution in [3.8, 4) is 0 Å². The summed E-state index contributed by atoms with van der Waals surface area (Å²) in [5.41, 5.74) is 0. The van der Waals surface area contributed by atoms with Crippen molar-refractivity contribution >= 4 is 28.1 Å². The van der Waals surface area contributed by atoms with Gasteiger partial charge in [0.15, 0.2) is 0 Å². The number of imidazole rings is 1. The quantitative estimate of drug-likeness (QED) is 0.271. The van der Waals surface area contributed by atoms with E-state index in [1.54, 1.807) is 48.1 Å². The lowest BCUT2D eigenvalue weighted by atomic mass is 10.4. The molecule has 1 aliphatic heterocycles. The maximum atomic E-state index is 4.98. The molecule has 0 N–H and O–H groups in total. The first kappa shape index (κ1) is 34.4. The van der Waals surface area contributed by atoms with E-state index in [4.69, 9.17) is 4.42 Å². The molecule has 0 spiro atoms. The van der Waals surface area contributed by atoms with Crippen molar-refractivity contribution in [3.05, 3.63) is 76.9 Å². The van der Waals surface area contributed by atoms with Crippen LogP contribution in [-0.4, -0.2) is 66.8 Å². The lowest BCUT2D eigenvalue weighted by molar-refractivity contribution is 0.516. The van der Waals surface area contributed by atoms with E-state index in [0.717, 1.165) is 41.2 Å². The second kappa shape index (κ2) is 20.3. The average Bonchev–Trinajstić information content (AvgIpc) is 3.78. The lowest BCUT2D eigenvalue weighted by Gasteiger charge is -1.87. The van der Waals surface area contributed by atoms with Gasteiger partial charge in [0.05, 0.1) is 16.3 Å². The van der Waals surface area contributed by atoms with Gasteiger partial charge in [-0.15, -0.1) is 38.4 Å². The molecule has 0 bridgehead atoms. The highest BCUT2D eigenvalue weighted by Gasteiger charge is 1.97. The molecule has 0 atom stereocenters. The van der Waals surface area contributed by atoms with Gasteiger partial charge in [-0.3, -0.25) is 9.98 Å². The molecule has 5 aromatic rings. The van der Waals surface area contributed by atoms with Crippen molar-refractivity contribution in [2.24, 2.45) is 26.1 Å². The number of hydrogen-bond donors (Lipinski definition) is 0. The smallest absolute Gasteiger partial charge is 0.147 e. The van der Waals surface area contributed by atoms with Crippen LogP contribution in [0.5, 0.6) is 0 Å². The minimum Gasteiger partial charge on any atom is -0.469 e. The molecular weight excluding hydrogens is 546 g/mol. The van der Waals surface area contributed by atoms with Gasteiger partial charge in [-0.2, -0.15) is 0 Å². The van der Waals surface area contributed by atoms with Crippen molar-refractivity contribution in [2.75, 3.05) is 12.3 Å². The minimum atomic E-state index is 0.833. The van der Waals surface area contributed by atoms with Crippen LogP contribution < -0.4 is 0 Å². The number of furan rings is 1. The fourth-order valence-corrected chi connectivity index (χ4v) is 3.41. The Kier molecular flexibility index (Phi) is 17.4. The third kappa shape index (κ3) is 15.7. The SMILES string of the molecule is CC1=NCCS1.CCc1ccco1.Cc1nccn1C.Cc1nccs1.Cc1nncn1C.Cc1nnnn1C. The zero-order chi connectivity index (χ0) is 29.8. The van der Waals surface area contributed by atoms with Crippen LogP contribution in [0.2, 0.25) is 0 Å². The van der Waals surface area contributed by atoms with Gasteiger partial charge in [0, 0.05) is 63.8 Å². The van der Waals surface area contributed by atoms with Crippen molar-refractivity contribution in [1.29, 1.82) is 0 Å². The molecule has 0 aliphatic carbocycles. The fourth-order valence-electron chi connectivity index (χ4n) is 2.31. The van der Waals surface area contributed by atoms with Gasteiger partial charge in [-0.05, 0) is 57.2 Å². The first-order valence-corrected chi connectivity index (χ1v) is 14.5. The van der Waals surface area contributed by atoms with Gasteiger partial charge < -0.3 is 13.6 Å². The molecule has 6 heterocycles. The van der Waals surface area contributed by atoms with Gasteiger partial charge in [0.2, 0.25) is 0 Å². The Labute approximate surface area is 245 Å². The van der Waals surface area contributed by atoms with Crippen molar-refractivity contribution < 1.29 is 4.42 Å². The Morgan fingerprint density at radius 2 is 1.70 bits per heavy atom. The molecule has 0 saturated carbocycles. The van der Waals surface area contributed by atoms with E-state index in [-0.39, 0.29) is 0 Å². The number of tetrazole rings is 1. The summed E-state index contributed by atoms with van der Waals surface area (Å²) in [6.07, 6.45) is 9.88. The topological polar surface area (TPSA) is 131 Å². The summed E-state index contributed by atoms with van der Waals surface area (Å²) in [5, 5.41) is 22.3. The van der Waals surface area contributed by atoms with Crippen LogP contribution in [0.1, 0.15) is 42.1 Å². The van der Waals surface area contributed by atoms with E-state index in [1.807, 2.05) is 86.4 Å². The minimum absolute atomic E-state index is 0.833. The predicted molar refractivity (Wildman–Crippen MR) is 163 cm³/mol. The number of nitrogens with zero attached hydrogens (tertiary/aromatic N) is 11. The zero-order valence-electron chi connectivity index (χ0n) is 24.9. The van der Waals surface area contributed by atoms with Gasteiger partial charge in [-0.25, -0.2) is 9.67 Å². The van der Waals surface area contributed by atoms with Gasteiger partial charge in [-0.1, -0.05) is 6.92 Å². The third-order valence-electron chi connectivity index (χ3n) is 5.05. The van der Waals surface area contributed by atoms with Crippen LogP contribution in [0.4, 0.5) is 0 Å². The van der Waals surface area contributed by atoms with Crippen molar-refractivity contribution in [2.45, 2.75) is 48.0 Å². The second-order valence-corrected chi connectivity index (χ2v) is 10.5.